The van der Waals surface area contributed by atoms with Crippen molar-refractivity contribution in [3.05, 3.63) is 72.2 Å². The summed E-state index contributed by atoms with van der Waals surface area (Å²) in [4.78, 5) is 7.13. The third-order valence-electron chi connectivity index (χ3n) is 4.61. The number of rotatable bonds is 2. The van der Waals surface area contributed by atoms with E-state index in [9.17, 15) is 4.39 Å². The molecule has 0 amide bonds. The van der Waals surface area contributed by atoms with Crippen LogP contribution in [0.5, 0.6) is 0 Å². The highest BCUT2D eigenvalue weighted by Gasteiger charge is 2.15. The fourth-order valence-corrected chi connectivity index (χ4v) is 3.23. The van der Waals surface area contributed by atoms with Crippen molar-refractivity contribution in [3.8, 4) is 11.3 Å². The Labute approximate surface area is 153 Å². The van der Waals surface area contributed by atoms with Gasteiger partial charge in [-0.05, 0) is 42.6 Å². The Kier molecular flexibility index (Phi) is 5.16. The molecule has 0 spiro atoms. The van der Waals surface area contributed by atoms with Crippen LogP contribution in [0.1, 0.15) is 12.1 Å². The van der Waals surface area contributed by atoms with Crippen LogP contribution in [0.3, 0.4) is 0 Å². The van der Waals surface area contributed by atoms with Gasteiger partial charge in [0.2, 0.25) is 0 Å². The van der Waals surface area contributed by atoms with Crippen molar-refractivity contribution in [2.75, 3.05) is 20.1 Å². The maximum absolute atomic E-state index is 14.4. The van der Waals surface area contributed by atoms with Gasteiger partial charge in [0.1, 0.15) is 5.82 Å². The maximum atomic E-state index is 14.4. The average Bonchev–Trinajstić information content (AvgIpc) is 2.62. The molecular formula is C21H20ClFN2. The van der Waals surface area contributed by atoms with Gasteiger partial charge in [0.15, 0.2) is 0 Å². The lowest BCUT2D eigenvalue weighted by molar-refractivity contribution is 0.370. The summed E-state index contributed by atoms with van der Waals surface area (Å²) in [6, 6.07) is 17.1. The molecule has 128 valence electrons. The summed E-state index contributed by atoms with van der Waals surface area (Å²) < 4.78 is 14.4. The summed E-state index contributed by atoms with van der Waals surface area (Å²) in [5.74, 6) is -0.232. The normalized spacial score (nSPS) is 14.9. The highest BCUT2D eigenvalue weighted by molar-refractivity contribution is 5.96. The van der Waals surface area contributed by atoms with Crippen LogP contribution < -0.4 is 0 Å². The zero-order valence-corrected chi connectivity index (χ0v) is 14.9. The van der Waals surface area contributed by atoms with Crippen molar-refractivity contribution in [1.29, 1.82) is 0 Å². The first-order valence-electron chi connectivity index (χ1n) is 8.25. The molecule has 2 nitrogen and oxygen atoms in total. The SMILES string of the molecule is CN1CC=C(c2cc3ccccc3c(-c3ccccc3F)n2)CC1.Cl. The van der Waals surface area contributed by atoms with Gasteiger partial charge in [-0.3, -0.25) is 0 Å². The van der Waals surface area contributed by atoms with Crippen LogP contribution in [0.15, 0.2) is 60.7 Å². The van der Waals surface area contributed by atoms with Crippen LogP contribution in [-0.4, -0.2) is 30.0 Å². The standard InChI is InChI=1S/C21H19FN2.ClH/c1-24-12-10-15(11-13-24)20-14-16-6-2-3-7-17(16)21(23-20)18-8-4-5-9-19(18)22;/h2-10,14H,11-13H2,1H3;1H. The van der Waals surface area contributed by atoms with Crippen molar-refractivity contribution in [2.45, 2.75) is 6.42 Å². The molecule has 4 heteroatoms. The first-order chi connectivity index (χ1) is 11.7. The van der Waals surface area contributed by atoms with Gasteiger partial charge in [-0.15, -0.1) is 12.4 Å². The van der Waals surface area contributed by atoms with E-state index in [1.165, 1.54) is 11.6 Å². The van der Waals surface area contributed by atoms with Crippen LogP contribution in [0.25, 0.3) is 27.6 Å². The highest BCUT2D eigenvalue weighted by atomic mass is 35.5. The molecule has 2 aromatic carbocycles. The Morgan fingerprint density at radius 1 is 1.04 bits per heavy atom. The molecule has 0 saturated heterocycles. The maximum Gasteiger partial charge on any atom is 0.132 e. The van der Waals surface area contributed by atoms with Crippen molar-refractivity contribution < 1.29 is 4.39 Å². The first-order valence-corrected chi connectivity index (χ1v) is 8.25. The number of benzene rings is 2. The number of halogens is 2. The summed E-state index contributed by atoms with van der Waals surface area (Å²) in [6.45, 7) is 1.95. The van der Waals surface area contributed by atoms with Crippen molar-refractivity contribution >= 4 is 28.8 Å². The largest absolute Gasteiger partial charge is 0.302 e. The molecule has 0 N–H and O–H groups in total. The predicted octanol–water partition coefficient (Wildman–Crippen LogP) is 5.18. The molecule has 0 saturated carbocycles. The van der Waals surface area contributed by atoms with Crippen molar-refractivity contribution in [3.63, 3.8) is 0 Å². The van der Waals surface area contributed by atoms with Crippen LogP contribution >= 0.6 is 12.4 Å². The Morgan fingerprint density at radius 3 is 2.56 bits per heavy atom. The van der Waals surface area contributed by atoms with Gasteiger partial charge in [0, 0.05) is 24.0 Å². The van der Waals surface area contributed by atoms with E-state index >= 15 is 0 Å². The summed E-state index contributed by atoms with van der Waals surface area (Å²) in [5, 5.41) is 2.08. The lowest BCUT2D eigenvalue weighted by atomic mass is 9.98. The molecule has 2 heterocycles. The van der Waals surface area contributed by atoms with E-state index in [2.05, 4.69) is 30.2 Å². The molecule has 0 unspecified atom stereocenters. The minimum absolute atomic E-state index is 0. The Hall–Kier alpha value is -2.23. The van der Waals surface area contributed by atoms with Gasteiger partial charge in [-0.2, -0.15) is 0 Å². The number of aromatic nitrogens is 1. The van der Waals surface area contributed by atoms with Crippen molar-refractivity contribution in [2.24, 2.45) is 0 Å². The number of pyridine rings is 1. The lowest BCUT2D eigenvalue weighted by Crippen LogP contribution is -2.23. The van der Waals surface area contributed by atoms with E-state index in [0.717, 1.165) is 41.7 Å². The second kappa shape index (κ2) is 7.34. The van der Waals surface area contributed by atoms with Gasteiger partial charge in [-0.25, -0.2) is 9.37 Å². The number of likely N-dealkylation sites (N-methyl/N-ethyl adjacent to an activating group) is 1. The first kappa shape index (κ1) is 17.6. The minimum Gasteiger partial charge on any atom is -0.302 e. The van der Waals surface area contributed by atoms with E-state index in [4.69, 9.17) is 4.98 Å². The second-order valence-electron chi connectivity index (χ2n) is 6.30. The van der Waals surface area contributed by atoms with E-state index < -0.39 is 0 Å². The predicted molar refractivity (Wildman–Crippen MR) is 104 cm³/mol. The van der Waals surface area contributed by atoms with Crippen LogP contribution in [0, 0.1) is 5.82 Å². The molecule has 1 aromatic heterocycles. The zero-order chi connectivity index (χ0) is 16.5. The summed E-state index contributed by atoms with van der Waals surface area (Å²) in [5.41, 5.74) is 3.49. The van der Waals surface area contributed by atoms with E-state index in [0.29, 0.717) is 5.56 Å². The molecule has 1 aliphatic rings. The van der Waals surface area contributed by atoms with E-state index in [1.807, 2.05) is 24.3 Å². The number of fused-ring (bicyclic) bond motifs is 1. The van der Waals surface area contributed by atoms with E-state index in [1.54, 1.807) is 12.1 Å². The molecular weight excluding hydrogens is 335 g/mol. The van der Waals surface area contributed by atoms with Crippen LogP contribution in [-0.2, 0) is 0 Å². The summed E-state index contributed by atoms with van der Waals surface area (Å²) in [7, 11) is 2.12. The molecule has 0 atom stereocenters. The Balaban J connectivity index is 0.00000182. The number of hydrogen-bond acceptors (Lipinski definition) is 2. The number of hydrogen-bond donors (Lipinski definition) is 0. The van der Waals surface area contributed by atoms with Gasteiger partial charge in [0.05, 0.1) is 11.4 Å². The molecule has 0 aliphatic carbocycles. The third-order valence-corrected chi connectivity index (χ3v) is 4.61. The van der Waals surface area contributed by atoms with Crippen LogP contribution in [0.4, 0.5) is 4.39 Å². The molecule has 25 heavy (non-hydrogen) atoms. The molecule has 4 rings (SSSR count). The van der Waals surface area contributed by atoms with Gasteiger partial charge >= 0.3 is 0 Å². The topological polar surface area (TPSA) is 16.1 Å². The smallest absolute Gasteiger partial charge is 0.132 e. The highest BCUT2D eigenvalue weighted by Crippen LogP contribution is 2.32. The van der Waals surface area contributed by atoms with Gasteiger partial charge in [0.25, 0.3) is 0 Å². The summed E-state index contributed by atoms with van der Waals surface area (Å²) in [6.07, 6.45) is 3.20. The fourth-order valence-electron chi connectivity index (χ4n) is 3.23. The molecule has 0 bridgehead atoms. The monoisotopic (exact) mass is 354 g/mol. The van der Waals surface area contributed by atoms with E-state index in [-0.39, 0.29) is 18.2 Å². The van der Waals surface area contributed by atoms with Gasteiger partial charge in [-0.1, -0.05) is 42.5 Å². The quantitative estimate of drug-likeness (QED) is 0.630. The average molecular weight is 355 g/mol. The second-order valence-corrected chi connectivity index (χ2v) is 6.30. The molecule has 0 radical (unpaired) electrons. The zero-order valence-electron chi connectivity index (χ0n) is 14.1. The fraction of sp³-hybridized carbons (Fsp3) is 0.190. The molecule has 3 aromatic rings. The Bertz CT molecular complexity index is 936. The minimum atomic E-state index is -0.232. The Morgan fingerprint density at radius 2 is 1.80 bits per heavy atom. The molecule has 1 aliphatic heterocycles. The van der Waals surface area contributed by atoms with Crippen LogP contribution in [0.2, 0.25) is 0 Å². The third kappa shape index (κ3) is 3.44. The number of nitrogens with zero attached hydrogens (tertiary/aromatic N) is 2. The van der Waals surface area contributed by atoms with Gasteiger partial charge < -0.3 is 4.90 Å². The lowest BCUT2D eigenvalue weighted by Gasteiger charge is -2.22. The summed E-state index contributed by atoms with van der Waals surface area (Å²) >= 11 is 0. The van der Waals surface area contributed by atoms with Crippen molar-refractivity contribution in [1.82, 2.24) is 9.88 Å². The molecule has 0 fully saturated rings.